The minimum Gasteiger partial charge on any atom is -0.320 e. The Balaban J connectivity index is 1.94. The van der Waals surface area contributed by atoms with Crippen LogP contribution in [0.5, 0.6) is 0 Å². The molecule has 220 valence electrons. The van der Waals surface area contributed by atoms with Gasteiger partial charge in [0.25, 0.3) is 11.8 Å². The number of carbonyl (C=O) groups excluding carboxylic acids is 2. The zero-order valence-corrected chi connectivity index (χ0v) is 24.4. The summed E-state index contributed by atoms with van der Waals surface area (Å²) in [5.74, 6) is -8.87. The Morgan fingerprint density at radius 1 is 0.756 bits per heavy atom. The van der Waals surface area contributed by atoms with Crippen LogP contribution in [0.4, 0.5) is 55.3 Å². The number of rotatable bonds is 6. The molecule has 41 heavy (non-hydrogen) atoms. The molecule has 1 atom stereocenters. The van der Waals surface area contributed by atoms with E-state index in [0.29, 0.717) is 0 Å². The summed E-state index contributed by atoms with van der Waals surface area (Å²) in [6, 6.07) is 10.3. The Morgan fingerprint density at radius 2 is 1.29 bits per heavy atom. The fourth-order valence-electron chi connectivity index (χ4n) is 3.55. The summed E-state index contributed by atoms with van der Waals surface area (Å²) in [4.78, 5) is 26.8. The number of carbonyl (C=O) groups is 2. The monoisotopic (exact) mass is 818 g/mol. The SMILES string of the molecule is CN(C(=O)c1ccc(F)cc1)c1cccc(C(=O)Nc2c(I)cc(C(F)(C(F)(F)F)C(F)(F)C(F)(F)F)cc2I)c1. The standard InChI is InChI=1S/C25H14F10I2N2O2/c1-39(21(41)12-5-7-15(26)8-6-12)16-4-2-3-13(9-16)20(40)38-19-17(36)10-14(11-18(19)37)22(27,24(30,31)32)23(28,29)25(33,34)35/h2-11H,1H3,(H,38,40). The van der Waals surface area contributed by atoms with E-state index in [0.717, 1.165) is 17.0 Å². The maximum atomic E-state index is 14.9. The third-order valence-corrected chi connectivity index (χ3v) is 7.45. The van der Waals surface area contributed by atoms with Crippen molar-refractivity contribution in [2.45, 2.75) is 23.9 Å². The second-order valence-electron chi connectivity index (χ2n) is 8.42. The molecule has 0 saturated heterocycles. The average molecular weight is 818 g/mol. The van der Waals surface area contributed by atoms with Crippen molar-refractivity contribution in [3.63, 3.8) is 0 Å². The van der Waals surface area contributed by atoms with Crippen molar-refractivity contribution in [1.29, 1.82) is 0 Å². The average Bonchev–Trinajstić information content (AvgIpc) is 2.88. The highest BCUT2D eigenvalue weighted by Crippen LogP contribution is 2.58. The van der Waals surface area contributed by atoms with Crippen LogP contribution < -0.4 is 10.2 Å². The molecule has 0 spiro atoms. The smallest absolute Gasteiger partial charge is 0.320 e. The molecule has 3 aromatic rings. The minimum atomic E-state index is -6.88. The molecule has 4 nitrogen and oxygen atoms in total. The summed E-state index contributed by atoms with van der Waals surface area (Å²) in [5.41, 5.74) is -8.18. The molecule has 1 N–H and O–H groups in total. The van der Waals surface area contributed by atoms with Crippen molar-refractivity contribution in [2.75, 3.05) is 17.3 Å². The molecule has 0 aliphatic rings. The lowest BCUT2D eigenvalue weighted by molar-refractivity contribution is -0.389. The normalized spacial score (nSPS) is 13.9. The Morgan fingerprint density at radius 3 is 1.78 bits per heavy atom. The van der Waals surface area contributed by atoms with Crippen LogP contribution in [0.15, 0.2) is 60.7 Å². The van der Waals surface area contributed by atoms with E-state index in [1.165, 1.54) is 88.6 Å². The van der Waals surface area contributed by atoms with Gasteiger partial charge in [-0.1, -0.05) is 6.07 Å². The lowest BCUT2D eigenvalue weighted by Crippen LogP contribution is -2.59. The van der Waals surface area contributed by atoms with E-state index in [-0.39, 0.29) is 34.6 Å². The number of halogens is 12. The molecule has 0 aliphatic carbocycles. The Hall–Kier alpha value is -2.64. The van der Waals surface area contributed by atoms with Gasteiger partial charge in [0.1, 0.15) is 5.82 Å². The van der Waals surface area contributed by atoms with E-state index in [1.54, 1.807) is 0 Å². The molecular formula is C25H14F10I2N2O2. The number of nitrogens with one attached hydrogen (secondary N) is 1. The first-order valence-electron chi connectivity index (χ1n) is 10.9. The number of nitrogens with zero attached hydrogens (tertiary/aromatic N) is 1. The molecule has 3 rings (SSSR count). The van der Waals surface area contributed by atoms with Crippen LogP contribution in [0.3, 0.4) is 0 Å². The van der Waals surface area contributed by atoms with E-state index in [9.17, 15) is 53.5 Å². The Labute approximate surface area is 252 Å². The van der Waals surface area contributed by atoms with Gasteiger partial charge in [-0.25, -0.2) is 8.78 Å². The van der Waals surface area contributed by atoms with Gasteiger partial charge in [-0.05, 0) is 99.8 Å². The fourth-order valence-corrected chi connectivity index (χ4v) is 5.59. The van der Waals surface area contributed by atoms with E-state index in [4.69, 9.17) is 0 Å². The summed E-state index contributed by atoms with van der Waals surface area (Å²) >= 11 is 2.51. The first kappa shape index (κ1) is 32.9. The zero-order valence-electron chi connectivity index (χ0n) is 20.1. The molecular weight excluding hydrogens is 804 g/mol. The topological polar surface area (TPSA) is 49.4 Å². The van der Waals surface area contributed by atoms with Gasteiger partial charge in [-0.15, -0.1) is 0 Å². The number of hydrogen-bond donors (Lipinski definition) is 1. The quantitative estimate of drug-likeness (QED) is 0.201. The Kier molecular flexibility index (Phi) is 9.27. The summed E-state index contributed by atoms with van der Waals surface area (Å²) in [7, 11) is 1.37. The molecule has 0 fully saturated rings. The van der Waals surface area contributed by atoms with Crippen LogP contribution in [-0.4, -0.2) is 37.1 Å². The van der Waals surface area contributed by atoms with Gasteiger partial charge >= 0.3 is 23.9 Å². The van der Waals surface area contributed by atoms with Crippen LogP contribution in [0, 0.1) is 13.0 Å². The third kappa shape index (κ3) is 6.26. The number of hydrogen-bond acceptors (Lipinski definition) is 2. The second-order valence-corrected chi connectivity index (χ2v) is 10.7. The lowest BCUT2D eigenvalue weighted by Gasteiger charge is -2.36. The molecule has 3 aromatic carbocycles. The molecule has 0 heterocycles. The molecule has 0 aromatic heterocycles. The van der Waals surface area contributed by atoms with E-state index >= 15 is 0 Å². The maximum absolute atomic E-state index is 14.9. The van der Waals surface area contributed by atoms with Gasteiger partial charge in [0.15, 0.2) is 0 Å². The fraction of sp³-hybridized carbons (Fsp3) is 0.200. The minimum absolute atomic E-state index is 0.0873. The van der Waals surface area contributed by atoms with Crippen LogP contribution in [-0.2, 0) is 5.67 Å². The molecule has 0 radical (unpaired) electrons. The summed E-state index contributed by atoms with van der Waals surface area (Å²) in [6.07, 6.45) is -13.5. The van der Waals surface area contributed by atoms with Crippen molar-refractivity contribution in [3.05, 3.63) is 90.3 Å². The van der Waals surface area contributed by atoms with Crippen molar-refractivity contribution in [1.82, 2.24) is 0 Å². The number of alkyl halides is 9. The van der Waals surface area contributed by atoms with Crippen LogP contribution >= 0.6 is 45.2 Å². The van der Waals surface area contributed by atoms with Gasteiger partial charge in [-0.2, -0.15) is 35.1 Å². The maximum Gasteiger partial charge on any atom is 0.457 e. The second kappa shape index (κ2) is 11.6. The van der Waals surface area contributed by atoms with Crippen LogP contribution in [0.25, 0.3) is 0 Å². The molecule has 1 unspecified atom stereocenters. The van der Waals surface area contributed by atoms with Gasteiger partial charge in [0.05, 0.1) is 5.69 Å². The van der Waals surface area contributed by atoms with Crippen molar-refractivity contribution >= 4 is 68.4 Å². The highest BCUT2D eigenvalue weighted by atomic mass is 127. The zero-order chi connectivity index (χ0) is 31.1. The third-order valence-electron chi connectivity index (χ3n) is 5.75. The molecule has 0 saturated carbocycles. The molecule has 0 bridgehead atoms. The molecule has 16 heteroatoms. The highest BCUT2D eigenvalue weighted by Gasteiger charge is 2.81. The van der Waals surface area contributed by atoms with Gasteiger partial charge < -0.3 is 10.2 Å². The first-order chi connectivity index (χ1) is 18.7. The van der Waals surface area contributed by atoms with Crippen LogP contribution in [0.2, 0.25) is 0 Å². The lowest BCUT2D eigenvalue weighted by atomic mass is 9.87. The Bertz CT molecular complexity index is 1450. The highest BCUT2D eigenvalue weighted by molar-refractivity contribution is 14.1. The van der Waals surface area contributed by atoms with Gasteiger partial charge in [0.2, 0.25) is 0 Å². The van der Waals surface area contributed by atoms with E-state index < -0.39 is 54.3 Å². The predicted molar refractivity (Wildman–Crippen MR) is 145 cm³/mol. The predicted octanol–water partition coefficient (Wildman–Crippen LogP) is 8.49. The van der Waals surface area contributed by atoms with Crippen molar-refractivity contribution in [3.8, 4) is 0 Å². The summed E-state index contributed by atoms with van der Waals surface area (Å²) in [5, 5.41) is 2.30. The van der Waals surface area contributed by atoms with Crippen LogP contribution in [0.1, 0.15) is 26.3 Å². The number of amides is 2. The largest absolute Gasteiger partial charge is 0.457 e. The number of benzene rings is 3. The van der Waals surface area contributed by atoms with Gasteiger partial charge in [-0.3, -0.25) is 9.59 Å². The summed E-state index contributed by atoms with van der Waals surface area (Å²) in [6.45, 7) is 0. The number of anilines is 2. The first-order valence-corrected chi connectivity index (χ1v) is 13.0. The van der Waals surface area contributed by atoms with E-state index in [2.05, 4.69) is 5.32 Å². The molecule has 0 aliphatic heterocycles. The van der Waals surface area contributed by atoms with Crippen molar-refractivity contribution < 1.29 is 53.5 Å². The van der Waals surface area contributed by atoms with E-state index in [1.807, 2.05) is 0 Å². The summed E-state index contributed by atoms with van der Waals surface area (Å²) < 4.78 is 134. The van der Waals surface area contributed by atoms with Crippen molar-refractivity contribution in [2.24, 2.45) is 0 Å². The molecule has 2 amide bonds. The van der Waals surface area contributed by atoms with Gasteiger partial charge in [0, 0.05) is 36.6 Å².